The highest BCUT2D eigenvalue weighted by Crippen LogP contribution is 2.33. The van der Waals surface area contributed by atoms with Gasteiger partial charge in [0.15, 0.2) is 5.82 Å². The number of rotatable bonds is 9. The number of tetrazole rings is 1. The maximum Gasteiger partial charge on any atom is 0.253 e. The number of hydrogen-bond donors (Lipinski definition) is 1. The molecule has 3 heterocycles. The third-order valence-electron chi connectivity index (χ3n) is 7.03. The molecule has 8 heteroatoms. The summed E-state index contributed by atoms with van der Waals surface area (Å²) in [5.41, 5.74) is 3.27. The third kappa shape index (κ3) is 5.26. The molecule has 190 valence electrons. The van der Waals surface area contributed by atoms with Crippen LogP contribution in [0.25, 0.3) is 10.9 Å². The van der Waals surface area contributed by atoms with Crippen LogP contribution in [0.1, 0.15) is 60.6 Å². The molecule has 0 saturated carbocycles. The van der Waals surface area contributed by atoms with Gasteiger partial charge < -0.3 is 4.98 Å². The minimum absolute atomic E-state index is 0.129. The molecule has 0 bridgehead atoms. The Labute approximate surface area is 220 Å². The van der Waals surface area contributed by atoms with Crippen molar-refractivity contribution in [1.82, 2.24) is 30.1 Å². The van der Waals surface area contributed by atoms with Crippen LogP contribution in [0.2, 0.25) is 0 Å². The number of thiophene rings is 1. The summed E-state index contributed by atoms with van der Waals surface area (Å²) in [6.07, 6.45) is 0.842. The Morgan fingerprint density at radius 3 is 2.59 bits per heavy atom. The molecule has 0 saturated heterocycles. The van der Waals surface area contributed by atoms with Gasteiger partial charge in [-0.1, -0.05) is 55.5 Å². The molecule has 37 heavy (non-hydrogen) atoms. The first-order valence-corrected chi connectivity index (χ1v) is 13.5. The van der Waals surface area contributed by atoms with E-state index in [2.05, 4.69) is 88.0 Å². The second kappa shape index (κ2) is 10.4. The quantitative estimate of drug-likeness (QED) is 0.269. The predicted octanol–water partition coefficient (Wildman–Crippen LogP) is 5.82. The average molecular weight is 513 g/mol. The van der Waals surface area contributed by atoms with Crippen LogP contribution >= 0.6 is 11.3 Å². The maximum atomic E-state index is 13.7. The standard InChI is InChI=1S/C29H32N6OS/c1-5-29(3,4)35-27(31-32-33-35)26(24-17-22-14-13-20(2)16-25(22)30-28(24)36)34(19-23-12-9-15-37-23)18-21-10-7-6-8-11-21/h6-17,26H,5,18-19H2,1-4H3,(H,30,36)/t26-/m1/s1. The summed E-state index contributed by atoms with van der Waals surface area (Å²) in [6.45, 7) is 9.68. The lowest BCUT2D eigenvalue weighted by atomic mass is 9.98. The number of nitrogens with one attached hydrogen (secondary N) is 1. The smallest absolute Gasteiger partial charge is 0.253 e. The van der Waals surface area contributed by atoms with Crippen molar-refractivity contribution in [3.05, 3.63) is 110 Å². The lowest BCUT2D eigenvalue weighted by Gasteiger charge is -2.33. The molecule has 0 spiro atoms. The minimum atomic E-state index is -0.461. The van der Waals surface area contributed by atoms with Gasteiger partial charge in [0.1, 0.15) is 6.04 Å². The van der Waals surface area contributed by atoms with E-state index in [9.17, 15) is 4.79 Å². The second-order valence-electron chi connectivity index (χ2n) is 10.1. The lowest BCUT2D eigenvalue weighted by molar-refractivity contribution is 0.182. The summed E-state index contributed by atoms with van der Waals surface area (Å²) >= 11 is 1.71. The molecule has 7 nitrogen and oxygen atoms in total. The fraction of sp³-hybridized carbons (Fsp3) is 0.310. The highest BCUT2D eigenvalue weighted by molar-refractivity contribution is 7.09. The first-order chi connectivity index (χ1) is 17.9. The normalized spacial score (nSPS) is 12.9. The highest BCUT2D eigenvalue weighted by atomic mass is 32.1. The SMILES string of the molecule is CCC(C)(C)n1nnnc1[C@@H](c1cc2ccc(C)cc2[nH]c1=O)N(Cc1ccccc1)Cc1cccs1. The molecule has 0 aliphatic rings. The van der Waals surface area contributed by atoms with Crippen molar-refractivity contribution in [2.75, 3.05) is 0 Å². The molecule has 5 aromatic rings. The summed E-state index contributed by atoms with van der Waals surface area (Å²) in [6, 6.07) is 22.2. The summed E-state index contributed by atoms with van der Waals surface area (Å²) in [5.74, 6) is 0.663. The van der Waals surface area contributed by atoms with Gasteiger partial charge in [-0.25, -0.2) is 4.68 Å². The number of aromatic nitrogens is 5. The number of aryl methyl sites for hydroxylation is 1. The van der Waals surface area contributed by atoms with E-state index in [0.717, 1.165) is 28.5 Å². The lowest BCUT2D eigenvalue weighted by Crippen LogP contribution is -2.37. The van der Waals surface area contributed by atoms with Crippen LogP contribution in [0, 0.1) is 6.92 Å². The van der Waals surface area contributed by atoms with Crippen molar-refractivity contribution in [2.45, 2.75) is 58.8 Å². The highest BCUT2D eigenvalue weighted by Gasteiger charge is 2.34. The van der Waals surface area contributed by atoms with Gasteiger partial charge in [0, 0.05) is 29.0 Å². The topological polar surface area (TPSA) is 79.7 Å². The number of H-pyrrole nitrogens is 1. The Bertz CT molecular complexity index is 1540. The van der Waals surface area contributed by atoms with Crippen molar-refractivity contribution >= 4 is 22.2 Å². The summed E-state index contributed by atoms with van der Waals surface area (Å²) in [7, 11) is 0. The number of aromatic amines is 1. The molecule has 3 aromatic heterocycles. The van der Waals surface area contributed by atoms with Crippen LogP contribution in [0.5, 0.6) is 0 Å². The van der Waals surface area contributed by atoms with Gasteiger partial charge in [0.05, 0.1) is 5.54 Å². The molecule has 0 amide bonds. The van der Waals surface area contributed by atoms with Crippen molar-refractivity contribution in [2.24, 2.45) is 0 Å². The van der Waals surface area contributed by atoms with E-state index in [1.165, 1.54) is 4.88 Å². The molecule has 0 radical (unpaired) electrons. The number of pyridine rings is 1. The molecule has 0 aliphatic heterocycles. The molecule has 1 atom stereocenters. The fourth-order valence-corrected chi connectivity index (χ4v) is 5.37. The molecule has 1 N–H and O–H groups in total. The zero-order valence-electron chi connectivity index (χ0n) is 21.7. The maximum absolute atomic E-state index is 13.7. The number of nitrogens with zero attached hydrogens (tertiary/aromatic N) is 5. The number of benzene rings is 2. The average Bonchev–Trinajstić information content (AvgIpc) is 3.58. The van der Waals surface area contributed by atoms with E-state index >= 15 is 0 Å². The van der Waals surface area contributed by atoms with Crippen LogP contribution in [0.15, 0.2) is 76.9 Å². The largest absolute Gasteiger partial charge is 0.322 e. The van der Waals surface area contributed by atoms with Gasteiger partial charge in [0.2, 0.25) is 0 Å². The van der Waals surface area contributed by atoms with Crippen LogP contribution in [0.4, 0.5) is 0 Å². The van der Waals surface area contributed by atoms with E-state index < -0.39 is 6.04 Å². The van der Waals surface area contributed by atoms with Crippen molar-refractivity contribution in [3.63, 3.8) is 0 Å². The molecule has 2 aromatic carbocycles. The Morgan fingerprint density at radius 2 is 1.86 bits per heavy atom. The molecule has 5 rings (SSSR count). The van der Waals surface area contributed by atoms with Gasteiger partial charge in [0.25, 0.3) is 5.56 Å². The van der Waals surface area contributed by atoms with E-state index in [0.29, 0.717) is 24.5 Å². The van der Waals surface area contributed by atoms with Gasteiger partial charge >= 0.3 is 0 Å². The molecular formula is C29H32N6OS. The predicted molar refractivity (Wildman–Crippen MR) is 149 cm³/mol. The minimum Gasteiger partial charge on any atom is -0.322 e. The Balaban J connectivity index is 1.73. The monoisotopic (exact) mass is 512 g/mol. The summed E-state index contributed by atoms with van der Waals surface area (Å²) < 4.78 is 1.89. The Morgan fingerprint density at radius 1 is 1.05 bits per heavy atom. The molecule has 0 unspecified atom stereocenters. The molecular weight excluding hydrogens is 480 g/mol. The van der Waals surface area contributed by atoms with Crippen LogP contribution < -0.4 is 5.56 Å². The first-order valence-electron chi connectivity index (χ1n) is 12.6. The van der Waals surface area contributed by atoms with Crippen molar-refractivity contribution < 1.29 is 0 Å². The third-order valence-corrected chi connectivity index (χ3v) is 7.90. The zero-order chi connectivity index (χ0) is 26.0. The fourth-order valence-electron chi connectivity index (χ4n) is 4.64. The van der Waals surface area contributed by atoms with Gasteiger partial charge in [-0.2, -0.15) is 0 Å². The van der Waals surface area contributed by atoms with Crippen LogP contribution in [-0.2, 0) is 18.6 Å². The van der Waals surface area contributed by atoms with E-state index in [1.54, 1.807) is 11.3 Å². The van der Waals surface area contributed by atoms with Crippen LogP contribution in [0.3, 0.4) is 0 Å². The summed E-state index contributed by atoms with van der Waals surface area (Å²) in [4.78, 5) is 20.4. The van der Waals surface area contributed by atoms with Crippen molar-refractivity contribution in [1.29, 1.82) is 0 Å². The first kappa shape index (κ1) is 25.0. The number of hydrogen-bond acceptors (Lipinski definition) is 6. The summed E-state index contributed by atoms with van der Waals surface area (Å²) in [5, 5.41) is 16.1. The molecule has 0 aliphatic carbocycles. The van der Waals surface area contributed by atoms with E-state index in [-0.39, 0.29) is 11.1 Å². The van der Waals surface area contributed by atoms with Gasteiger partial charge in [-0.3, -0.25) is 9.69 Å². The number of fused-ring (bicyclic) bond motifs is 1. The Hall–Kier alpha value is -3.62. The van der Waals surface area contributed by atoms with E-state index in [1.807, 2.05) is 41.9 Å². The van der Waals surface area contributed by atoms with Crippen molar-refractivity contribution in [3.8, 4) is 0 Å². The van der Waals surface area contributed by atoms with E-state index in [4.69, 9.17) is 0 Å². The molecule has 0 fully saturated rings. The van der Waals surface area contributed by atoms with Gasteiger partial charge in [-0.05, 0) is 77.7 Å². The van der Waals surface area contributed by atoms with Crippen LogP contribution in [-0.4, -0.2) is 30.1 Å². The Kier molecular flexibility index (Phi) is 7.04. The zero-order valence-corrected chi connectivity index (χ0v) is 22.5. The van der Waals surface area contributed by atoms with Gasteiger partial charge in [-0.15, -0.1) is 16.4 Å². The second-order valence-corrected chi connectivity index (χ2v) is 11.2.